The molecular weight excluding hydrogens is 1010 g/mol. The molecule has 0 bridgehead atoms. The van der Waals surface area contributed by atoms with E-state index >= 15 is 0 Å². The van der Waals surface area contributed by atoms with Crippen molar-refractivity contribution in [2.75, 3.05) is 37.8 Å². The summed E-state index contributed by atoms with van der Waals surface area (Å²) < 4.78 is 62.8. The van der Waals surface area contributed by atoms with Crippen molar-refractivity contribution >= 4 is 91.7 Å². The lowest BCUT2D eigenvalue weighted by Gasteiger charge is -2.30. The third-order valence-electron chi connectivity index (χ3n) is 8.52. The number of nitrogens with zero attached hydrogens (tertiary/aromatic N) is 4. The maximum Gasteiger partial charge on any atom is 0.481 e. The smallest absolute Gasteiger partial charge is 0.481 e. The average Bonchev–Trinajstić information content (AvgIpc) is 3.72. The van der Waals surface area contributed by atoms with E-state index in [0.717, 1.165) is 34.5 Å². The summed E-state index contributed by atoms with van der Waals surface area (Å²) in [5, 5.41) is 35.7. The zero-order valence-electron chi connectivity index (χ0n) is 32.0. The first-order valence-corrected chi connectivity index (χ1v) is 24.2. The molecule has 340 valence electrons. The molecule has 1 aliphatic rings. The van der Waals surface area contributed by atoms with Gasteiger partial charge >= 0.3 is 23.5 Å². The monoisotopic (exact) mass is 1060 g/mol. The van der Waals surface area contributed by atoms with Gasteiger partial charge in [0.1, 0.15) is 42.0 Å². The average molecular weight is 1060 g/mol. The molecule has 26 nitrogen and oxygen atoms in total. The van der Waals surface area contributed by atoms with Gasteiger partial charge in [-0.2, -0.15) is 4.31 Å². The third kappa shape index (κ3) is 14.9. The van der Waals surface area contributed by atoms with E-state index in [2.05, 4.69) is 34.4 Å². The fraction of sp³-hybridized carbons (Fsp3) is 0.533. The first-order chi connectivity index (χ1) is 28.3. The minimum absolute atomic E-state index is 0.0226. The molecule has 3 heterocycles. The number of hydrogen-bond acceptors (Lipinski definition) is 20. The van der Waals surface area contributed by atoms with Crippen LogP contribution in [0.4, 0.5) is 5.82 Å². The quantitative estimate of drug-likeness (QED) is 0.0345. The molecule has 31 heteroatoms. The Bertz CT molecular complexity index is 2200. The van der Waals surface area contributed by atoms with E-state index in [1.165, 1.54) is 19.9 Å². The van der Waals surface area contributed by atoms with Gasteiger partial charge in [-0.05, 0) is 46.7 Å². The van der Waals surface area contributed by atoms with Gasteiger partial charge in [0.2, 0.25) is 16.9 Å². The number of carbonyl (C=O) groups excluding carboxylic acids is 3. The van der Waals surface area contributed by atoms with E-state index in [0.29, 0.717) is 3.57 Å². The first-order valence-electron chi connectivity index (χ1n) is 17.6. The zero-order valence-corrected chi connectivity index (χ0v) is 37.7. The van der Waals surface area contributed by atoms with Crippen molar-refractivity contribution in [2.45, 2.75) is 63.4 Å². The van der Waals surface area contributed by atoms with Crippen LogP contribution in [0.15, 0.2) is 30.9 Å². The number of aromatic hydroxyl groups is 1. The highest BCUT2D eigenvalue weighted by Gasteiger charge is 2.50. The van der Waals surface area contributed by atoms with Gasteiger partial charge in [-0.3, -0.25) is 32.5 Å². The largest absolute Gasteiger partial charge is 0.507 e. The Morgan fingerprint density at radius 2 is 1.75 bits per heavy atom. The molecule has 0 spiro atoms. The van der Waals surface area contributed by atoms with Crippen LogP contribution in [0.2, 0.25) is 0 Å². The summed E-state index contributed by atoms with van der Waals surface area (Å²) in [6.45, 7) is 0.287. The highest BCUT2D eigenvalue weighted by molar-refractivity contribution is 14.1. The van der Waals surface area contributed by atoms with Crippen LogP contribution in [0.25, 0.3) is 11.2 Å². The summed E-state index contributed by atoms with van der Waals surface area (Å²) in [4.78, 5) is 88.3. The van der Waals surface area contributed by atoms with Crippen LogP contribution in [0, 0.1) is 8.99 Å². The number of imidazole rings is 1. The lowest BCUT2D eigenvalue weighted by atomic mass is 9.87. The van der Waals surface area contributed by atoms with Gasteiger partial charge in [0, 0.05) is 30.7 Å². The lowest BCUT2D eigenvalue weighted by molar-refractivity contribution is -0.137. The van der Waals surface area contributed by atoms with Crippen molar-refractivity contribution in [3.05, 3.63) is 40.0 Å². The molecular formula is C30H44IN8O18P3S. The molecule has 1 fully saturated rings. The van der Waals surface area contributed by atoms with Gasteiger partial charge < -0.3 is 61.7 Å². The summed E-state index contributed by atoms with van der Waals surface area (Å²) in [5.74, 6) is -1.21. The van der Waals surface area contributed by atoms with E-state index < -0.39 is 90.6 Å². The predicted molar refractivity (Wildman–Crippen MR) is 220 cm³/mol. The number of aliphatic hydroxyl groups excluding tert-OH is 2. The SMILES string of the molecule is CC(C)(COP(=O)(O)OP(=O)(O)OCC1OC(n2cnc3c(N)ncnc32)C(O)C1OP(=O)(O)O)C(O)C(=O)NCCC(=O)NCCSC(=O)C(N)Cc1ccc(O)c(I)c1. The number of nitrogen functional groups attached to an aromatic ring is 1. The van der Waals surface area contributed by atoms with Crippen LogP contribution in [0.5, 0.6) is 5.75 Å². The minimum atomic E-state index is -5.59. The number of hydrogen-bond donors (Lipinski definition) is 11. The molecule has 1 aliphatic heterocycles. The molecule has 1 saturated heterocycles. The number of fused-ring (bicyclic) bond motifs is 1. The number of nitrogens with two attached hydrogens (primary N) is 2. The van der Waals surface area contributed by atoms with Crippen molar-refractivity contribution in [3.63, 3.8) is 0 Å². The van der Waals surface area contributed by atoms with Crippen molar-refractivity contribution in [1.29, 1.82) is 0 Å². The maximum atomic E-state index is 12.7. The van der Waals surface area contributed by atoms with Crippen LogP contribution in [0.1, 0.15) is 32.1 Å². The maximum absolute atomic E-state index is 12.7. The van der Waals surface area contributed by atoms with Crippen molar-refractivity contribution in [1.82, 2.24) is 30.2 Å². The summed E-state index contributed by atoms with van der Waals surface area (Å²) in [7, 11) is -16.5. The summed E-state index contributed by atoms with van der Waals surface area (Å²) in [6.07, 6.45) is -6.80. The summed E-state index contributed by atoms with van der Waals surface area (Å²) in [5.41, 5.74) is 11.0. The second-order valence-electron chi connectivity index (χ2n) is 13.8. The fourth-order valence-corrected chi connectivity index (χ4v) is 9.52. The normalized spacial score (nSPS) is 21.3. The molecule has 4 rings (SSSR count). The topological polar surface area (TPSA) is 410 Å². The van der Waals surface area contributed by atoms with Gasteiger partial charge in [0.05, 0.1) is 29.2 Å². The molecule has 13 N–H and O–H groups in total. The van der Waals surface area contributed by atoms with E-state index in [4.69, 9.17) is 25.3 Å². The number of rotatable bonds is 22. The zero-order chi connectivity index (χ0) is 45.5. The van der Waals surface area contributed by atoms with Gasteiger partial charge in [0.25, 0.3) is 0 Å². The highest BCUT2D eigenvalue weighted by atomic mass is 127. The van der Waals surface area contributed by atoms with Gasteiger partial charge in [-0.1, -0.05) is 31.7 Å². The van der Waals surface area contributed by atoms with Crippen molar-refractivity contribution < 1.29 is 85.6 Å². The Morgan fingerprint density at radius 3 is 2.43 bits per heavy atom. The number of benzene rings is 1. The number of aliphatic hydroxyl groups is 2. The number of phenols is 1. The molecule has 0 aliphatic carbocycles. The Morgan fingerprint density at radius 1 is 1.07 bits per heavy atom. The number of phosphoric acid groups is 3. The second kappa shape index (κ2) is 21.3. The van der Waals surface area contributed by atoms with E-state index in [1.54, 1.807) is 12.1 Å². The molecule has 1 aromatic carbocycles. The number of phenolic OH excluding ortho intramolecular Hbond substituents is 1. The number of phosphoric ester groups is 3. The van der Waals surface area contributed by atoms with Gasteiger partial charge in [-0.25, -0.2) is 28.6 Å². The molecule has 8 unspecified atom stereocenters. The highest BCUT2D eigenvalue weighted by Crippen LogP contribution is 2.61. The molecule has 8 atom stereocenters. The van der Waals surface area contributed by atoms with Crippen molar-refractivity contribution in [2.24, 2.45) is 11.1 Å². The van der Waals surface area contributed by atoms with Crippen molar-refractivity contribution in [3.8, 4) is 5.75 Å². The van der Waals surface area contributed by atoms with Crippen LogP contribution >= 0.6 is 57.8 Å². The number of anilines is 1. The van der Waals surface area contributed by atoms with Crippen LogP contribution in [-0.4, -0.2) is 134 Å². The predicted octanol–water partition coefficient (Wildman–Crippen LogP) is -0.455. The summed E-state index contributed by atoms with van der Waals surface area (Å²) in [6, 6.07) is 4.08. The van der Waals surface area contributed by atoms with Gasteiger partial charge in [0.15, 0.2) is 17.7 Å². The Labute approximate surface area is 364 Å². The Balaban J connectivity index is 1.19. The third-order valence-corrected chi connectivity index (χ3v) is 13.5. The molecule has 2 aromatic heterocycles. The molecule has 0 radical (unpaired) electrons. The van der Waals surface area contributed by atoms with Crippen LogP contribution in [0.3, 0.4) is 0 Å². The Hall–Kier alpha value is -2.73. The van der Waals surface area contributed by atoms with Crippen LogP contribution in [-0.2, 0) is 57.1 Å². The van der Waals surface area contributed by atoms with Crippen LogP contribution < -0.4 is 22.1 Å². The number of thioether (sulfide) groups is 1. The standard InChI is InChI=1S/C30H44IN8O18P3S/c1-30(2,24(43)27(44)35-6-5-20(41)34-7-8-61-29(45)17(32)10-15-3-4-18(40)16(31)9-15)12-54-60(51,52)57-59(49,50)53-11-19-23(56-58(46,47)48)22(42)28(55-19)39-14-38-21-25(33)36-13-37-26(21)39/h3-4,9,13-14,17,19,22-24,28,40,42-43H,5-8,10-12,32H2,1-2H3,(H,34,41)(H,35,44)(H,49,50)(H,51,52)(H2,33,36,37)(H2,46,47,48). The van der Waals surface area contributed by atoms with E-state index in [-0.39, 0.29) is 59.5 Å². The lowest BCUT2D eigenvalue weighted by Crippen LogP contribution is -2.46. The summed E-state index contributed by atoms with van der Waals surface area (Å²) >= 11 is 2.89. The number of ether oxygens (including phenoxy) is 1. The molecule has 3 aromatic rings. The fourth-order valence-electron chi connectivity index (χ4n) is 5.40. The second-order valence-corrected chi connectivity index (χ2v) is 20.3. The molecule has 0 saturated carbocycles. The van der Waals surface area contributed by atoms with E-state index in [1.807, 2.05) is 22.6 Å². The number of halogens is 1. The number of amides is 2. The molecule has 2 amide bonds. The number of aromatic nitrogens is 4. The number of carbonyl (C=O) groups is 3. The number of nitrogens with one attached hydrogen (secondary N) is 2. The van der Waals surface area contributed by atoms with Gasteiger partial charge in [-0.15, -0.1) is 0 Å². The molecule has 61 heavy (non-hydrogen) atoms. The minimum Gasteiger partial charge on any atom is -0.507 e. The first kappa shape index (κ1) is 50.9. The Kier molecular flexibility index (Phi) is 17.8. The van der Waals surface area contributed by atoms with E-state index in [9.17, 15) is 63.0 Å².